The van der Waals surface area contributed by atoms with E-state index in [-0.39, 0.29) is 11.5 Å². The number of anilines is 1. The molecule has 0 aliphatic carbocycles. The van der Waals surface area contributed by atoms with Gasteiger partial charge in [-0.2, -0.15) is 0 Å². The van der Waals surface area contributed by atoms with Crippen LogP contribution in [0.3, 0.4) is 0 Å². The summed E-state index contributed by atoms with van der Waals surface area (Å²) in [6.07, 6.45) is 0.972. The standard InChI is InChI=1S/C18H27NO2/c1-11(2)15(17(20)21)19-16-12(3)8-7-9-14(16)13(4)10-18(19,5)6/h7-9,11,13,15H,10H2,1-6H3,(H,20,21)/t13-,15+/m1/s1. The smallest absolute Gasteiger partial charge is 0.326 e. The van der Waals surface area contributed by atoms with Crippen LogP contribution in [0.4, 0.5) is 5.69 Å². The van der Waals surface area contributed by atoms with E-state index in [0.717, 1.165) is 12.1 Å². The second-order valence-corrected chi connectivity index (χ2v) is 7.33. The molecule has 2 rings (SSSR count). The lowest BCUT2D eigenvalue weighted by molar-refractivity contribution is -0.140. The minimum atomic E-state index is -0.734. The Labute approximate surface area is 128 Å². The number of nitrogens with zero attached hydrogens (tertiary/aromatic N) is 1. The van der Waals surface area contributed by atoms with Crippen LogP contribution in [-0.4, -0.2) is 22.7 Å². The van der Waals surface area contributed by atoms with Crippen LogP contribution < -0.4 is 4.90 Å². The van der Waals surface area contributed by atoms with Crippen LogP contribution in [0.1, 0.15) is 58.1 Å². The summed E-state index contributed by atoms with van der Waals surface area (Å²) in [6.45, 7) is 12.6. The Morgan fingerprint density at radius 3 is 2.52 bits per heavy atom. The summed E-state index contributed by atoms with van der Waals surface area (Å²) in [5.41, 5.74) is 3.41. The lowest BCUT2D eigenvalue weighted by Gasteiger charge is -2.51. The molecule has 3 nitrogen and oxygen atoms in total. The Bertz CT molecular complexity index is 548. The zero-order valence-electron chi connectivity index (χ0n) is 14.0. The third kappa shape index (κ3) is 2.66. The number of carboxylic acid groups (broad SMARTS) is 1. The van der Waals surface area contributed by atoms with Crippen molar-refractivity contribution >= 4 is 11.7 Å². The lowest BCUT2D eigenvalue weighted by atomic mass is 9.77. The van der Waals surface area contributed by atoms with Gasteiger partial charge in [-0.05, 0) is 50.2 Å². The molecule has 1 heterocycles. The molecule has 0 radical (unpaired) electrons. The summed E-state index contributed by atoms with van der Waals surface area (Å²) in [5, 5.41) is 9.77. The Morgan fingerprint density at radius 1 is 1.38 bits per heavy atom. The predicted octanol–water partition coefficient (Wildman–Crippen LogP) is 4.20. The molecule has 0 aromatic heterocycles. The summed E-state index contributed by atoms with van der Waals surface area (Å²) in [5.74, 6) is -0.225. The molecular weight excluding hydrogens is 262 g/mol. The van der Waals surface area contributed by atoms with Gasteiger partial charge in [0.25, 0.3) is 0 Å². The number of carbonyl (C=O) groups is 1. The fourth-order valence-corrected chi connectivity index (χ4v) is 3.88. The maximum Gasteiger partial charge on any atom is 0.326 e. The fraction of sp³-hybridized carbons (Fsp3) is 0.611. The molecule has 0 bridgehead atoms. The van der Waals surface area contributed by atoms with Gasteiger partial charge in [-0.1, -0.05) is 39.0 Å². The first-order chi connectivity index (χ1) is 9.66. The van der Waals surface area contributed by atoms with Crippen LogP contribution in [0.15, 0.2) is 18.2 Å². The molecule has 116 valence electrons. The molecule has 0 unspecified atom stereocenters. The third-order valence-electron chi connectivity index (χ3n) is 4.66. The number of hydrogen-bond donors (Lipinski definition) is 1. The van der Waals surface area contributed by atoms with Gasteiger partial charge in [-0.25, -0.2) is 4.79 Å². The van der Waals surface area contributed by atoms with Crippen LogP contribution >= 0.6 is 0 Å². The van der Waals surface area contributed by atoms with E-state index < -0.39 is 12.0 Å². The van der Waals surface area contributed by atoms with Gasteiger partial charge in [0, 0.05) is 11.2 Å². The van der Waals surface area contributed by atoms with Gasteiger partial charge in [0.05, 0.1) is 0 Å². The number of aliphatic carboxylic acids is 1. The Kier molecular flexibility index (Phi) is 4.05. The normalized spacial score (nSPS) is 22.0. The topological polar surface area (TPSA) is 40.5 Å². The van der Waals surface area contributed by atoms with Gasteiger partial charge in [0.1, 0.15) is 6.04 Å². The van der Waals surface area contributed by atoms with Crippen molar-refractivity contribution in [2.24, 2.45) is 5.92 Å². The van der Waals surface area contributed by atoms with Crippen LogP contribution in [0, 0.1) is 12.8 Å². The summed E-state index contributed by atoms with van der Waals surface area (Å²) >= 11 is 0. The summed E-state index contributed by atoms with van der Waals surface area (Å²) in [6, 6.07) is 5.81. The predicted molar refractivity (Wildman–Crippen MR) is 87.0 cm³/mol. The van der Waals surface area contributed by atoms with E-state index in [0.29, 0.717) is 5.92 Å². The summed E-state index contributed by atoms with van der Waals surface area (Å²) < 4.78 is 0. The fourth-order valence-electron chi connectivity index (χ4n) is 3.88. The van der Waals surface area contributed by atoms with Gasteiger partial charge >= 0.3 is 5.97 Å². The zero-order valence-corrected chi connectivity index (χ0v) is 14.0. The van der Waals surface area contributed by atoms with E-state index in [1.54, 1.807) is 0 Å². The highest BCUT2D eigenvalue weighted by molar-refractivity contribution is 5.81. The van der Waals surface area contributed by atoms with Crippen molar-refractivity contribution in [2.75, 3.05) is 4.90 Å². The van der Waals surface area contributed by atoms with E-state index in [1.807, 2.05) is 13.8 Å². The molecule has 21 heavy (non-hydrogen) atoms. The molecule has 1 aromatic rings. The number of hydrogen-bond acceptors (Lipinski definition) is 2. The molecule has 0 fully saturated rings. The van der Waals surface area contributed by atoms with Crippen molar-refractivity contribution in [1.82, 2.24) is 0 Å². The largest absolute Gasteiger partial charge is 0.480 e. The van der Waals surface area contributed by atoms with Gasteiger partial charge in [-0.15, -0.1) is 0 Å². The number of para-hydroxylation sites is 1. The average Bonchev–Trinajstić information content (AvgIpc) is 2.33. The molecule has 1 aliphatic heterocycles. The second-order valence-electron chi connectivity index (χ2n) is 7.33. The molecule has 1 N–H and O–H groups in total. The van der Waals surface area contributed by atoms with Crippen LogP contribution in [0.5, 0.6) is 0 Å². The quantitative estimate of drug-likeness (QED) is 0.906. The Hall–Kier alpha value is -1.51. The highest BCUT2D eigenvalue weighted by Gasteiger charge is 2.44. The highest BCUT2D eigenvalue weighted by Crippen LogP contribution is 2.46. The van der Waals surface area contributed by atoms with Crippen molar-refractivity contribution in [3.63, 3.8) is 0 Å². The molecule has 0 saturated heterocycles. The first-order valence-corrected chi connectivity index (χ1v) is 7.78. The number of fused-ring (bicyclic) bond motifs is 1. The van der Waals surface area contributed by atoms with E-state index >= 15 is 0 Å². The lowest BCUT2D eigenvalue weighted by Crippen LogP contribution is -2.58. The Balaban J connectivity index is 2.68. The van der Waals surface area contributed by atoms with E-state index in [9.17, 15) is 9.90 Å². The molecule has 1 aromatic carbocycles. The SMILES string of the molecule is Cc1cccc2c1N([C@H](C(=O)O)C(C)C)C(C)(C)C[C@H]2C. The van der Waals surface area contributed by atoms with Gasteiger partial charge in [0.15, 0.2) is 0 Å². The maximum absolute atomic E-state index is 11.9. The van der Waals surface area contributed by atoms with E-state index in [1.165, 1.54) is 11.1 Å². The second kappa shape index (κ2) is 5.36. The van der Waals surface area contributed by atoms with Crippen LogP contribution in [-0.2, 0) is 4.79 Å². The Morgan fingerprint density at radius 2 is 2.00 bits per heavy atom. The molecule has 1 aliphatic rings. The zero-order chi connectivity index (χ0) is 15.9. The number of aryl methyl sites for hydroxylation is 1. The molecule has 0 saturated carbocycles. The van der Waals surface area contributed by atoms with E-state index in [2.05, 4.69) is 50.8 Å². The highest BCUT2D eigenvalue weighted by atomic mass is 16.4. The van der Waals surface area contributed by atoms with Crippen molar-refractivity contribution in [2.45, 2.75) is 65.5 Å². The van der Waals surface area contributed by atoms with Crippen molar-refractivity contribution in [1.29, 1.82) is 0 Å². The minimum Gasteiger partial charge on any atom is -0.480 e. The number of carboxylic acids is 1. The number of benzene rings is 1. The average molecular weight is 289 g/mol. The minimum absolute atomic E-state index is 0.0580. The van der Waals surface area contributed by atoms with Gasteiger partial charge in [-0.3, -0.25) is 0 Å². The molecular formula is C18H27NO2. The first kappa shape index (κ1) is 15.9. The molecule has 3 heteroatoms. The maximum atomic E-state index is 11.9. The first-order valence-electron chi connectivity index (χ1n) is 7.78. The van der Waals surface area contributed by atoms with Gasteiger partial charge < -0.3 is 10.0 Å². The van der Waals surface area contributed by atoms with Gasteiger partial charge in [0.2, 0.25) is 0 Å². The monoisotopic (exact) mass is 289 g/mol. The van der Waals surface area contributed by atoms with Crippen molar-refractivity contribution in [3.05, 3.63) is 29.3 Å². The van der Waals surface area contributed by atoms with Crippen LogP contribution in [0.2, 0.25) is 0 Å². The van der Waals surface area contributed by atoms with Crippen molar-refractivity contribution in [3.8, 4) is 0 Å². The summed E-state index contributed by atoms with van der Waals surface area (Å²) in [4.78, 5) is 14.0. The van der Waals surface area contributed by atoms with E-state index in [4.69, 9.17) is 0 Å². The van der Waals surface area contributed by atoms with Crippen molar-refractivity contribution < 1.29 is 9.90 Å². The molecule has 0 amide bonds. The number of rotatable bonds is 3. The third-order valence-corrected chi connectivity index (χ3v) is 4.66. The molecule has 2 atom stereocenters. The molecule has 0 spiro atoms. The summed E-state index contributed by atoms with van der Waals surface area (Å²) in [7, 11) is 0. The van der Waals surface area contributed by atoms with Crippen LogP contribution in [0.25, 0.3) is 0 Å².